The Labute approximate surface area is 125 Å². The molecule has 0 bridgehead atoms. The van der Waals surface area contributed by atoms with E-state index < -0.39 is 11.6 Å². The quantitative estimate of drug-likeness (QED) is 0.846. The number of nitrogens with one attached hydrogen (secondary N) is 1. The van der Waals surface area contributed by atoms with Crippen molar-refractivity contribution in [2.24, 2.45) is 0 Å². The summed E-state index contributed by atoms with van der Waals surface area (Å²) in [7, 11) is 0. The molecule has 1 atom stereocenters. The van der Waals surface area contributed by atoms with Gasteiger partial charge in [0, 0.05) is 12.1 Å². The third kappa shape index (κ3) is 4.64. The molecule has 0 saturated carbocycles. The fourth-order valence-electron chi connectivity index (χ4n) is 2.62. The summed E-state index contributed by atoms with van der Waals surface area (Å²) in [5, 5.41) is 3.40. The molecule has 2 aromatic rings. The summed E-state index contributed by atoms with van der Waals surface area (Å²) >= 11 is 0. The van der Waals surface area contributed by atoms with Gasteiger partial charge in [-0.25, -0.2) is 8.78 Å². The first-order valence-corrected chi connectivity index (χ1v) is 7.31. The Morgan fingerprint density at radius 1 is 1.00 bits per heavy atom. The molecular formula is C18H21F2N. The van der Waals surface area contributed by atoms with Crippen molar-refractivity contribution in [3.05, 3.63) is 70.8 Å². The highest BCUT2D eigenvalue weighted by atomic mass is 19.1. The van der Waals surface area contributed by atoms with Crippen LogP contribution in [0.2, 0.25) is 0 Å². The number of halogens is 2. The molecule has 1 nitrogen and oxygen atoms in total. The largest absolute Gasteiger partial charge is 0.314 e. The smallest absolute Gasteiger partial charge is 0.126 e. The molecule has 0 aliphatic heterocycles. The lowest BCUT2D eigenvalue weighted by Gasteiger charge is -2.19. The fraction of sp³-hybridized carbons (Fsp3) is 0.333. The van der Waals surface area contributed by atoms with Crippen LogP contribution >= 0.6 is 0 Å². The Morgan fingerprint density at radius 2 is 1.67 bits per heavy atom. The van der Waals surface area contributed by atoms with E-state index in [4.69, 9.17) is 0 Å². The van der Waals surface area contributed by atoms with Crippen LogP contribution in [-0.4, -0.2) is 12.6 Å². The topological polar surface area (TPSA) is 12.0 Å². The second-order valence-electron chi connectivity index (χ2n) is 5.37. The lowest BCUT2D eigenvalue weighted by atomic mass is 9.96. The van der Waals surface area contributed by atoms with E-state index >= 15 is 0 Å². The first kappa shape index (κ1) is 15.6. The van der Waals surface area contributed by atoms with Gasteiger partial charge in [-0.3, -0.25) is 0 Å². The zero-order valence-corrected chi connectivity index (χ0v) is 12.5. The Balaban J connectivity index is 2.13. The second kappa shape index (κ2) is 7.32. The summed E-state index contributed by atoms with van der Waals surface area (Å²) in [6.07, 6.45) is 1.45. The number of benzene rings is 2. The van der Waals surface area contributed by atoms with E-state index in [1.807, 2.05) is 19.1 Å². The number of likely N-dealkylation sites (N-methyl/N-ethyl adjacent to an activating group) is 1. The van der Waals surface area contributed by atoms with Gasteiger partial charge in [-0.05, 0) is 55.1 Å². The van der Waals surface area contributed by atoms with Crippen molar-refractivity contribution in [3.63, 3.8) is 0 Å². The molecule has 21 heavy (non-hydrogen) atoms. The average Bonchev–Trinajstić information content (AvgIpc) is 2.40. The van der Waals surface area contributed by atoms with Crippen LogP contribution in [0.1, 0.15) is 23.6 Å². The molecule has 0 fully saturated rings. The van der Waals surface area contributed by atoms with Gasteiger partial charge in [0.2, 0.25) is 0 Å². The van der Waals surface area contributed by atoms with Crippen molar-refractivity contribution in [1.29, 1.82) is 0 Å². The minimum Gasteiger partial charge on any atom is -0.314 e. The summed E-state index contributed by atoms with van der Waals surface area (Å²) in [6.45, 7) is 4.95. The van der Waals surface area contributed by atoms with Gasteiger partial charge in [0.25, 0.3) is 0 Å². The van der Waals surface area contributed by atoms with E-state index in [2.05, 4.69) is 24.4 Å². The highest BCUT2D eigenvalue weighted by Crippen LogP contribution is 2.15. The van der Waals surface area contributed by atoms with Crippen LogP contribution in [0.4, 0.5) is 8.78 Å². The third-order valence-corrected chi connectivity index (χ3v) is 3.62. The predicted molar refractivity (Wildman–Crippen MR) is 82.4 cm³/mol. The van der Waals surface area contributed by atoms with Crippen LogP contribution in [0.5, 0.6) is 0 Å². The standard InChI is InChI=1S/C18H21F2N/c1-3-21-18(11-15-7-5-4-6-13(15)2)10-14-8-16(19)12-17(20)9-14/h4-9,12,18,21H,3,10-11H2,1-2H3. The van der Waals surface area contributed by atoms with Crippen LogP contribution in [-0.2, 0) is 12.8 Å². The van der Waals surface area contributed by atoms with Crippen molar-refractivity contribution in [2.45, 2.75) is 32.7 Å². The molecule has 2 rings (SSSR count). The van der Waals surface area contributed by atoms with Gasteiger partial charge in [0.05, 0.1) is 0 Å². The third-order valence-electron chi connectivity index (χ3n) is 3.62. The minimum atomic E-state index is -0.517. The Bertz CT molecular complexity index is 575. The molecule has 0 heterocycles. The van der Waals surface area contributed by atoms with Crippen LogP contribution < -0.4 is 5.32 Å². The molecule has 0 radical (unpaired) electrons. The van der Waals surface area contributed by atoms with E-state index in [1.165, 1.54) is 23.3 Å². The van der Waals surface area contributed by atoms with Gasteiger partial charge in [-0.1, -0.05) is 31.2 Å². The maximum Gasteiger partial charge on any atom is 0.126 e. The van der Waals surface area contributed by atoms with Crippen molar-refractivity contribution in [3.8, 4) is 0 Å². The van der Waals surface area contributed by atoms with Gasteiger partial charge < -0.3 is 5.32 Å². The highest BCUT2D eigenvalue weighted by molar-refractivity contribution is 5.27. The van der Waals surface area contributed by atoms with E-state index in [1.54, 1.807) is 0 Å². The first-order chi connectivity index (χ1) is 10.1. The van der Waals surface area contributed by atoms with E-state index in [9.17, 15) is 8.78 Å². The molecule has 2 aromatic carbocycles. The summed E-state index contributed by atoms with van der Waals surface area (Å²) in [6, 6.07) is 12.1. The number of hydrogen-bond donors (Lipinski definition) is 1. The van der Waals surface area contributed by atoms with E-state index in [0.29, 0.717) is 12.0 Å². The number of rotatable bonds is 6. The lowest BCUT2D eigenvalue weighted by molar-refractivity contribution is 0.514. The van der Waals surface area contributed by atoms with Gasteiger partial charge in [0.1, 0.15) is 11.6 Å². The zero-order valence-electron chi connectivity index (χ0n) is 12.5. The molecular weight excluding hydrogens is 268 g/mol. The van der Waals surface area contributed by atoms with Crippen LogP contribution in [0, 0.1) is 18.6 Å². The number of aryl methyl sites for hydroxylation is 1. The fourth-order valence-corrected chi connectivity index (χ4v) is 2.62. The van der Waals surface area contributed by atoms with Crippen molar-refractivity contribution in [2.75, 3.05) is 6.54 Å². The van der Waals surface area contributed by atoms with Crippen LogP contribution in [0.25, 0.3) is 0 Å². The van der Waals surface area contributed by atoms with Crippen LogP contribution in [0.3, 0.4) is 0 Å². The molecule has 1 N–H and O–H groups in total. The molecule has 112 valence electrons. The maximum atomic E-state index is 13.3. The van der Waals surface area contributed by atoms with Crippen molar-refractivity contribution < 1.29 is 8.78 Å². The predicted octanol–water partition coefficient (Wildman–Crippen LogP) is 4.04. The molecule has 3 heteroatoms. The van der Waals surface area contributed by atoms with Gasteiger partial charge in [-0.2, -0.15) is 0 Å². The first-order valence-electron chi connectivity index (χ1n) is 7.31. The maximum absolute atomic E-state index is 13.3. The minimum absolute atomic E-state index is 0.164. The number of hydrogen-bond acceptors (Lipinski definition) is 1. The monoisotopic (exact) mass is 289 g/mol. The Morgan fingerprint density at radius 3 is 2.29 bits per heavy atom. The van der Waals surface area contributed by atoms with Gasteiger partial charge in [-0.15, -0.1) is 0 Å². The molecule has 0 saturated heterocycles. The summed E-state index contributed by atoms with van der Waals surface area (Å²) < 4.78 is 26.6. The summed E-state index contributed by atoms with van der Waals surface area (Å²) in [4.78, 5) is 0. The lowest BCUT2D eigenvalue weighted by Crippen LogP contribution is -2.33. The summed E-state index contributed by atoms with van der Waals surface area (Å²) in [5.74, 6) is -1.03. The Kier molecular flexibility index (Phi) is 5.45. The zero-order chi connectivity index (χ0) is 15.2. The van der Waals surface area contributed by atoms with Gasteiger partial charge >= 0.3 is 0 Å². The second-order valence-corrected chi connectivity index (χ2v) is 5.37. The SMILES string of the molecule is CCNC(Cc1cc(F)cc(F)c1)Cc1ccccc1C. The molecule has 0 spiro atoms. The normalized spacial score (nSPS) is 12.4. The van der Waals surface area contributed by atoms with Crippen molar-refractivity contribution in [1.82, 2.24) is 5.32 Å². The van der Waals surface area contributed by atoms with E-state index in [-0.39, 0.29) is 6.04 Å². The molecule has 1 unspecified atom stereocenters. The Hall–Kier alpha value is -1.74. The summed E-state index contributed by atoms with van der Waals surface area (Å²) in [5.41, 5.74) is 3.19. The highest BCUT2D eigenvalue weighted by Gasteiger charge is 2.12. The van der Waals surface area contributed by atoms with E-state index in [0.717, 1.165) is 19.0 Å². The average molecular weight is 289 g/mol. The molecule has 0 aliphatic carbocycles. The van der Waals surface area contributed by atoms with Crippen LogP contribution in [0.15, 0.2) is 42.5 Å². The molecule has 0 aliphatic rings. The molecule has 0 aromatic heterocycles. The molecule has 0 amide bonds. The van der Waals surface area contributed by atoms with Crippen molar-refractivity contribution >= 4 is 0 Å². The van der Waals surface area contributed by atoms with Gasteiger partial charge in [0.15, 0.2) is 0 Å².